The number of rotatable bonds is 5. The van der Waals surface area contributed by atoms with E-state index in [1.54, 1.807) is 6.92 Å². The van der Waals surface area contributed by atoms with Gasteiger partial charge < -0.3 is 10.1 Å². The predicted octanol–water partition coefficient (Wildman–Crippen LogP) is 3.38. The van der Waals surface area contributed by atoms with Crippen molar-refractivity contribution in [3.63, 3.8) is 0 Å². The van der Waals surface area contributed by atoms with Gasteiger partial charge in [0.25, 0.3) is 5.91 Å². The van der Waals surface area contributed by atoms with Gasteiger partial charge >= 0.3 is 5.97 Å². The van der Waals surface area contributed by atoms with Crippen LogP contribution in [-0.4, -0.2) is 33.0 Å². The molecular weight excluding hydrogens is 356 g/mol. The second-order valence-electron chi connectivity index (χ2n) is 6.56. The summed E-state index contributed by atoms with van der Waals surface area (Å²) in [5.74, 6) is -1.09. The van der Waals surface area contributed by atoms with Gasteiger partial charge in [-0.2, -0.15) is 9.90 Å². The number of nitrogens with one attached hydrogen (secondary N) is 1. The average molecular weight is 378 g/mol. The maximum absolute atomic E-state index is 12.5. The third-order valence-electron chi connectivity index (χ3n) is 4.34. The number of carbonyl (C=O) groups excluding carboxylic acids is 2. The highest BCUT2D eigenvalue weighted by molar-refractivity contribution is 5.98. The lowest BCUT2D eigenvalue weighted by Gasteiger charge is -2.15. The van der Waals surface area contributed by atoms with Gasteiger partial charge in [0.1, 0.15) is 0 Å². The molecule has 1 N–H and O–H groups in total. The molecule has 1 aromatic heterocycles. The standard InChI is InChI=1S/C21H22N4O3/c1-13-9-8-10-14(2)18(13)22-20(26)16(4)28-21(27)19-15(3)23-25(24-19)17-11-6-5-7-12-17/h5-12,16H,1-4H3,(H,22,26)/t16-/m1/s1. The Morgan fingerprint density at radius 3 is 2.25 bits per heavy atom. The smallest absolute Gasteiger partial charge is 0.361 e. The van der Waals surface area contributed by atoms with Gasteiger partial charge in [-0.05, 0) is 51.0 Å². The Morgan fingerprint density at radius 1 is 0.964 bits per heavy atom. The van der Waals surface area contributed by atoms with Crippen LogP contribution < -0.4 is 5.32 Å². The zero-order chi connectivity index (χ0) is 20.3. The number of amides is 1. The first-order valence-corrected chi connectivity index (χ1v) is 8.94. The van der Waals surface area contributed by atoms with Crippen molar-refractivity contribution in [3.05, 3.63) is 71.0 Å². The van der Waals surface area contributed by atoms with Crippen LogP contribution in [0.4, 0.5) is 5.69 Å². The Kier molecular flexibility index (Phi) is 5.54. The predicted molar refractivity (Wildman–Crippen MR) is 106 cm³/mol. The monoisotopic (exact) mass is 378 g/mol. The first-order valence-electron chi connectivity index (χ1n) is 8.94. The molecule has 7 heteroatoms. The Balaban J connectivity index is 1.71. The number of hydrogen-bond donors (Lipinski definition) is 1. The first kappa shape index (κ1) is 19.3. The number of para-hydroxylation sites is 2. The van der Waals surface area contributed by atoms with Crippen molar-refractivity contribution < 1.29 is 14.3 Å². The number of aromatic nitrogens is 3. The second-order valence-corrected chi connectivity index (χ2v) is 6.56. The highest BCUT2D eigenvalue weighted by atomic mass is 16.5. The summed E-state index contributed by atoms with van der Waals surface area (Å²) in [6.07, 6.45) is -0.979. The molecule has 0 saturated carbocycles. The topological polar surface area (TPSA) is 86.1 Å². The lowest BCUT2D eigenvalue weighted by molar-refractivity contribution is -0.123. The van der Waals surface area contributed by atoms with Crippen LogP contribution >= 0.6 is 0 Å². The molecule has 1 amide bonds. The van der Waals surface area contributed by atoms with Crippen molar-refractivity contribution in [3.8, 4) is 5.69 Å². The van der Waals surface area contributed by atoms with E-state index in [0.717, 1.165) is 22.5 Å². The quantitative estimate of drug-likeness (QED) is 0.688. The molecule has 0 aliphatic rings. The minimum absolute atomic E-state index is 0.0792. The van der Waals surface area contributed by atoms with Crippen LogP contribution in [0.5, 0.6) is 0 Å². The maximum atomic E-state index is 12.5. The molecule has 0 saturated heterocycles. The van der Waals surface area contributed by atoms with Gasteiger partial charge in [0, 0.05) is 5.69 Å². The van der Waals surface area contributed by atoms with Gasteiger partial charge in [0.05, 0.1) is 11.4 Å². The summed E-state index contributed by atoms with van der Waals surface area (Å²) in [7, 11) is 0. The minimum Gasteiger partial charge on any atom is -0.448 e. The summed E-state index contributed by atoms with van der Waals surface area (Å²) in [6.45, 7) is 7.01. The molecule has 2 aromatic carbocycles. The first-order chi connectivity index (χ1) is 13.4. The average Bonchev–Trinajstić information content (AvgIpc) is 3.07. The molecule has 0 spiro atoms. The van der Waals surface area contributed by atoms with Crippen molar-refractivity contribution in [1.82, 2.24) is 15.0 Å². The Morgan fingerprint density at radius 2 is 1.61 bits per heavy atom. The van der Waals surface area contributed by atoms with Crippen molar-refractivity contribution in [2.75, 3.05) is 5.32 Å². The van der Waals surface area contributed by atoms with Crippen LogP contribution in [0.3, 0.4) is 0 Å². The number of ether oxygens (including phenoxy) is 1. The number of hydrogen-bond acceptors (Lipinski definition) is 5. The summed E-state index contributed by atoms with van der Waals surface area (Å²) in [4.78, 5) is 26.3. The van der Waals surface area contributed by atoms with Gasteiger partial charge in [-0.25, -0.2) is 4.79 Å². The van der Waals surface area contributed by atoms with E-state index in [4.69, 9.17) is 4.74 Å². The summed E-state index contributed by atoms with van der Waals surface area (Å²) < 4.78 is 5.31. The number of nitrogens with zero attached hydrogens (tertiary/aromatic N) is 3. The highest BCUT2D eigenvalue weighted by Gasteiger charge is 2.24. The largest absolute Gasteiger partial charge is 0.448 e. The summed E-state index contributed by atoms with van der Waals surface area (Å²) in [5, 5.41) is 11.3. The number of carbonyl (C=O) groups is 2. The Bertz CT molecular complexity index is 991. The molecular formula is C21H22N4O3. The lowest BCUT2D eigenvalue weighted by atomic mass is 10.1. The maximum Gasteiger partial charge on any atom is 0.361 e. The number of anilines is 1. The fourth-order valence-corrected chi connectivity index (χ4v) is 2.75. The fourth-order valence-electron chi connectivity index (χ4n) is 2.75. The Labute approximate surface area is 163 Å². The molecule has 0 fully saturated rings. The van der Waals surface area contributed by atoms with Gasteiger partial charge in [-0.1, -0.05) is 36.4 Å². The molecule has 7 nitrogen and oxygen atoms in total. The molecule has 28 heavy (non-hydrogen) atoms. The van der Waals surface area contributed by atoms with Crippen LogP contribution in [-0.2, 0) is 9.53 Å². The zero-order valence-corrected chi connectivity index (χ0v) is 16.3. The molecule has 3 rings (SSSR count). The van der Waals surface area contributed by atoms with E-state index in [2.05, 4.69) is 15.5 Å². The van der Waals surface area contributed by atoms with Crippen molar-refractivity contribution >= 4 is 17.6 Å². The van der Waals surface area contributed by atoms with E-state index in [1.165, 1.54) is 11.7 Å². The van der Waals surface area contributed by atoms with E-state index in [9.17, 15) is 9.59 Å². The van der Waals surface area contributed by atoms with E-state index < -0.39 is 18.0 Å². The van der Waals surface area contributed by atoms with Crippen LogP contribution in [0.1, 0.15) is 34.2 Å². The van der Waals surface area contributed by atoms with Crippen LogP contribution in [0, 0.1) is 20.8 Å². The molecule has 144 valence electrons. The second kappa shape index (κ2) is 8.04. The van der Waals surface area contributed by atoms with Gasteiger partial charge in [-0.15, -0.1) is 5.10 Å². The molecule has 3 aromatic rings. The van der Waals surface area contributed by atoms with E-state index in [0.29, 0.717) is 5.69 Å². The number of benzene rings is 2. The van der Waals surface area contributed by atoms with Crippen molar-refractivity contribution in [1.29, 1.82) is 0 Å². The third kappa shape index (κ3) is 4.09. The van der Waals surface area contributed by atoms with Gasteiger partial charge in [-0.3, -0.25) is 4.79 Å². The van der Waals surface area contributed by atoms with E-state index in [1.807, 2.05) is 62.4 Å². The molecule has 0 bridgehead atoms. The molecule has 0 unspecified atom stereocenters. The highest BCUT2D eigenvalue weighted by Crippen LogP contribution is 2.20. The lowest BCUT2D eigenvalue weighted by Crippen LogP contribution is -2.30. The zero-order valence-electron chi connectivity index (χ0n) is 16.3. The fraction of sp³-hybridized carbons (Fsp3) is 0.238. The normalized spacial score (nSPS) is 11.7. The number of esters is 1. The van der Waals surface area contributed by atoms with Crippen molar-refractivity contribution in [2.24, 2.45) is 0 Å². The van der Waals surface area contributed by atoms with E-state index in [-0.39, 0.29) is 5.69 Å². The SMILES string of the molecule is Cc1cccc(C)c1NC(=O)[C@@H](C)OC(=O)c1nn(-c2ccccc2)nc1C. The minimum atomic E-state index is -0.979. The summed E-state index contributed by atoms with van der Waals surface area (Å²) >= 11 is 0. The van der Waals surface area contributed by atoms with Crippen LogP contribution in [0.15, 0.2) is 48.5 Å². The third-order valence-corrected chi connectivity index (χ3v) is 4.34. The molecule has 0 radical (unpaired) electrons. The molecule has 0 aliphatic carbocycles. The molecule has 0 aliphatic heterocycles. The van der Waals surface area contributed by atoms with E-state index >= 15 is 0 Å². The van der Waals surface area contributed by atoms with Crippen LogP contribution in [0.2, 0.25) is 0 Å². The molecule has 1 atom stereocenters. The summed E-state index contributed by atoms with van der Waals surface area (Å²) in [5.41, 5.74) is 3.83. The van der Waals surface area contributed by atoms with Crippen LogP contribution in [0.25, 0.3) is 5.69 Å². The van der Waals surface area contributed by atoms with Gasteiger partial charge in [0.2, 0.25) is 0 Å². The number of aryl methyl sites for hydroxylation is 3. The van der Waals surface area contributed by atoms with Crippen molar-refractivity contribution in [2.45, 2.75) is 33.8 Å². The van der Waals surface area contributed by atoms with Gasteiger partial charge in [0.15, 0.2) is 11.8 Å². The summed E-state index contributed by atoms with van der Waals surface area (Å²) in [6, 6.07) is 15.0. The molecule has 1 heterocycles. The Hall–Kier alpha value is -3.48.